The van der Waals surface area contributed by atoms with E-state index in [1.807, 2.05) is 37.3 Å². The fraction of sp³-hybridized carbons (Fsp3) is 0.500. The van der Waals surface area contributed by atoms with Crippen molar-refractivity contribution in [3.63, 3.8) is 0 Å². The first-order chi connectivity index (χ1) is 8.63. The second-order valence-electron chi connectivity index (χ2n) is 4.40. The van der Waals surface area contributed by atoms with E-state index in [0.29, 0.717) is 17.5 Å². The summed E-state index contributed by atoms with van der Waals surface area (Å²) in [6.45, 7) is 4.78. The third-order valence-corrected chi connectivity index (χ3v) is 3.98. The number of carbonyl (C=O) groups is 1. The van der Waals surface area contributed by atoms with Crippen LogP contribution in [0.1, 0.15) is 31.9 Å². The van der Waals surface area contributed by atoms with Gasteiger partial charge in [-0.3, -0.25) is 4.79 Å². The topological polar surface area (TPSA) is 55.1 Å². The molecule has 0 spiro atoms. The Morgan fingerprint density at radius 3 is 2.61 bits per heavy atom. The molecule has 3 nitrogen and oxygen atoms in total. The smallest absolute Gasteiger partial charge is 0.230 e. The van der Waals surface area contributed by atoms with E-state index < -0.39 is 0 Å². The molecule has 1 aromatic rings. The summed E-state index contributed by atoms with van der Waals surface area (Å²) in [6, 6.07) is 10.0. The highest BCUT2D eigenvalue weighted by molar-refractivity contribution is 8.00. The summed E-state index contributed by atoms with van der Waals surface area (Å²) in [4.78, 5) is 11.8. The highest BCUT2D eigenvalue weighted by Crippen LogP contribution is 2.15. The van der Waals surface area contributed by atoms with Gasteiger partial charge in [0, 0.05) is 5.25 Å². The molecule has 100 valence electrons. The Hall–Kier alpha value is -1.00. The maximum Gasteiger partial charge on any atom is 0.230 e. The van der Waals surface area contributed by atoms with Gasteiger partial charge in [-0.15, -0.1) is 11.8 Å². The number of rotatable bonds is 7. The van der Waals surface area contributed by atoms with Crippen LogP contribution in [0.15, 0.2) is 30.3 Å². The van der Waals surface area contributed by atoms with E-state index >= 15 is 0 Å². The van der Waals surface area contributed by atoms with Crippen molar-refractivity contribution in [2.45, 2.75) is 31.6 Å². The lowest BCUT2D eigenvalue weighted by atomic mass is 10.1. The molecular formula is C14H22N2OS. The number of hydrogen-bond donors (Lipinski definition) is 2. The van der Waals surface area contributed by atoms with Crippen LogP contribution in [0, 0.1) is 0 Å². The van der Waals surface area contributed by atoms with E-state index in [1.165, 1.54) is 0 Å². The van der Waals surface area contributed by atoms with Gasteiger partial charge in [-0.2, -0.15) is 0 Å². The monoisotopic (exact) mass is 266 g/mol. The third kappa shape index (κ3) is 5.56. The van der Waals surface area contributed by atoms with Crippen molar-refractivity contribution in [2.24, 2.45) is 5.73 Å². The predicted molar refractivity (Wildman–Crippen MR) is 78.6 cm³/mol. The number of carbonyl (C=O) groups excluding carboxylic acids is 1. The Morgan fingerprint density at radius 1 is 1.33 bits per heavy atom. The Labute approximate surface area is 114 Å². The van der Waals surface area contributed by atoms with E-state index in [1.54, 1.807) is 11.8 Å². The van der Waals surface area contributed by atoms with Crippen molar-refractivity contribution < 1.29 is 4.79 Å². The number of hydrogen-bond acceptors (Lipinski definition) is 3. The Kier molecular flexibility index (Phi) is 6.83. The summed E-state index contributed by atoms with van der Waals surface area (Å²) in [5.74, 6) is 0.582. The zero-order valence-corrected chi connectivity index (χ0v) is 11.9. The predicted octanol–water partition coefficient (Wildman–Crippen LogP) is 2.33. The minimum Gasteiger partial charge on any atom is -0.349 e. The third-order valence-electron chi connectivity index (χ3n) is 2.75. The quantitative estimate of drug-likeness (QED) is 0.796. The number of amides is 1. The van der Waals surface area contributed by atoms with Crippen molar-refractivity contribution in [1.82, 2.24) is 5.32 Å². The van der Waals surface area contributed by atoms with Crippen molar-refractivity contribution in [2.75, 3.05) is 12.3 Å². The highest BCUT2D eigenvalue weighted by atomic mass is 32.2. The summed E-state index contributed by atoms with van der Waals surface area (Å²) in [5.41, 5.74) is 6.61. The van der Waals surface area contributed by atoms with Crippen LogP contribution in [-0.2, 0) is 4.79 Å². The number of nitrogens with one attached hydrogen (secondary N) is 1. The molecular weight excluding hydrogens is 244 g/mol. The van der Waals surface area contributed by atoms with Gasteiger partial charge < -0.3 is 11.1 Å². The van der Waals surface area contributed by atoms with Crippen LogP contribution in [0.3, 0.4) is 0 Å². The van der Waals surface area contributed by atoms with Crippen molar-refractivity contribution >= 4 is 17.7 Å². The van der Waals surface area contributed by atoms with Gasteiger partial charge in [0.25, 0.3) is 0 Å². The van der Waals surface area contributed by atoms with E-state index in [9.17, 15) is 4.79 Å². The molecule has 0 aromatic heterocycles. The van der Waals surface area contributed by atoms with Gasteiger partial charge in [-0.05, 0) is 25.5 Å². The van der Waals surface area contributed by atoms with E-state index in [4.69, 9.17) is 5.73 Å². The zero-order chi connectivity index (χ0) is 13.4. The van der Waals surface area contributed by atoms with Gasteiger partial charge in [0.2, 0.25) is 5.91 Å². The van der Waals surface area contributed by atoms with Crippen LogP contribution >= 0.6 is 11.8 Å². The molecule has 3 N–H and O–H groups in total. The van der Waals surface area contributed by atoms with Crippen molar-refractivity contribution in [1.29, 1.82) is 0 Å². The fourth-order valence-electron chi connectivity index (χ4n) is 1.64. The highest BCUT2D eigenvalue weighted by Gasteiger charge is 2.10. The van der Waals surface area contributed by atoms with Gasteiger partial charge in [-0.1, -0.05) is 37.3 Å². The minimum atomic E-state index is 0.0594. The molecule has 0 aliphatic heterocycles. The van der Waals surface area contributed by atoms with Crippen LogP contribution in [0.5, 0.6) is 0 Å². The van der Waals surface area contributed by atoms with Gasteiger partial charge >= 0.3 is 0 Å². The first-order valence-electron chi connectivity index (χ1n) is 6.29. The van der Waals surface area contributed by atoms with E-state index in [0.717, 1.165) is 12.0 Å². The lowest BCUT2D eigenvalue weighted by Gasteiger charge is -2.15. The molecule has 0 saturated carbocycles. The lowest BCUT2D eigenvalue weighted by Crippen LogP contribution is -2.28. The molecule has 0 aliphatic carbocycles. The molecule has 0 radical (unpaired) electrons. The van der Waals surface area contributed by atoms with Gasteiger partial charge in [0.05, 0.1) is 11.8 Å². The summed E-state index contributed by atoms with van der Waals surface area (Å²) in [6.07, 6.45) is 0.951. The molecule has 0 bridgehead atoms. The minimum absolute atomic E-state index is 0.0594. The second-order valence-corrected chi connectivity index (χ2v) is 5.83. The molecule has 2 unspecified atom stereocenters. The molecule has 18 heavy (non-hydrogen) atoms. The van der Waals surface area contributed by atoms with Gasteiger partial charge in [-0.25, -0.2) is 0 Å². The maximum atomic E-state index is 11.8. The van der Waals surface area contributed by atoms with Crippen LogP contribution in [0.4, 0.5) is 0 Å². The Balaban J connectivity index is 2.32. The number of thioether (sulfide) groups is 1. The first kappa shape index (κ1) is 15.1. The SMILES string of the molecule is CC(CCN)SCC(=O)NC(C)c1ccccc1. The van der Waals surface area contributed by atoms with Crippen LogP contribution in [-0.4, -0.2) is 23.5 Å². The van der Waals surface area contributed by atoms with Crippen LogP contribution in [0.25, 0.3) is 0 Å². The standard InChI is InChI=1S/C14H22N2OS/c1-11(8-9-15)18-10-14(17)16-12(2)13-6-4-3-5-7-13/h3-7,11-12H,8-10,15H2,1-2H3,(H,16,17). The molecule has 1 aromatic carbocycles. The molecule has 1 amide bonds. The normalized spacial score (nSPS) is 13.9. The van der Waals surface area contributed by atoms with Crippen LogP contribution in [0.2, 0.25) is 0 Å². The molecule has 2 atom stereocenters. The lowest BCUT2D eigenvalue weighted by molar-refractivity contribution is -0.119. The molecule has 0 aliphatic rings. The first-order valence-corrected chi connectivity index (χ1v) is 7.34. The summed E-state index contributed by atoms with van der Waals surface area (Å²) < 4.78 is 0. The Morgan fingerprint density at radius 2 is 2.00 bits per heavy atom. The summed E-state index contributed by atoms with van der Waals surface area (Å²) in [7, 11) is 0. The molecule has 0 heterocycles. The van der Waals surface area contributed by atoms with Gasteiger partial charge in [0.1, 0.15) is 0 Å². The maximum absolute atomic E-state index is 11.8. The fourth-order valence-corrected chi connectivity index (χ4v) is 2.47. The van der Waals surface area contributed by atoms with Gasteiger partial charge in [0.15, 0.2) is 0 Å². The number of nitrogens with two attached hydrogens (primary N) is 1. The second kappa shape index (κ2) is 8.16. The summed E-state index contributed by atoms with van der Waals surface area (Å²) in [5, 5.41) is 3.44. The van der Waals surface area contributed by atoms with E-state index in [2.05, 4.69) is 12.2 Å². The largest absolute Gasteiger partial charge is 0.349 e. The number of benzene rings is 1. The van der Waals surface area contributed by atoms with Crippen molar-refractivity contribution in [3.05, 3.63) is 35.9 Å². The molecule has 4 heteroatoms. The van der Waals surface area contributed by atoms with Crippen LogP contribution < -0.4 is 11.1 Å². The van der Waals surface area contributed by atoms with E-state index in [-0.39, 0.29) is 11.9 Å². The molecule has 1 rings (SSSR count). The Bertz CT molecular complexity index is 356. The zero-order valence-electron chi connectivity index (χ0n) is 11.1. The summed E-state index contributed by atoms with van der Waals surface area (Å²) >= 11 is 1.65. The van der Waals surface area contributed by atoms with Crippen molar-refractivity contribution in [3.8, 4) is 0 Å². The average molecular weight is 266 g/mol. The molecule has 0 fully saturated rings. The molecule has 0 saturated heterocycles. The average Bonchev–Trinajstić information content (AvgIpc) is 2.38.